The number of allylic oxidation sites excluding steroid dienone is 2. The Hall–Kier alpha value is -0.410. The van der Waals surface area contributed by atoms with Crippen LogP contribution in [0.25, 0.3) is 0 Å². The third-order valence-electron chi connectivity index (χ3n) is 4.51. The summed E-state index contributed by atoms with van der Waals surface area (Å²) < 4.78 is 12.8. The fraction of sp³-hybridized carbons (Fsp3) is 0.556. The summed E-state index contributed by atoms with van der Waals surface area (Å²) in [5.74, 6) is 0.781. The first-order chi connectivity index (χ1) is 9.93. The topological polar surface area (TPSA) is 17.1 Å². The Morgan fingerprint density at radius 1 is 1.19 bits per heavy atom. The lowest BCUT2D eigenvalue weighted by Gasteiger charge is -2.35. The van der Waals surface area contributed by atoms with Crippen LogP contribution in [0.1, 0.15) is 46.5 Å². The quantitative estimate of drug-likeness (QED) is 0.627. The van der Waals surface area contributed by atoms with Crippen molar-refractivity contribution in [1.82, 2.24) is 0 Å². The molecule has 0 bridgehead atoms. The zero-order chi connectivity index (χ0) is 15.5. The van der Waals surface area contributed by atoms with Crippen molar-refractivity contribution in [2.24, 2.45) is 11.3 Å². The summed E-state index contributed by atoms with van der Waals surface area (Å²) in [5.41, 5.74) is 1.80. The molecule has 0 N–H and O–H groups in total. The van der Waals surface area contributed by atoms with Crippen molar-refractivity contribution in [2.45, 2.75) is 51.3 Å². The first kappa shape index (κ1) is 17.0. The number of benzene rings is 1. The van der Waals surface area contributed by atoms with Gasteiger partial charge >= 0.3 is 0 Å². The van der Waals surface area contributed by atoms with Crippen LogP contribution in [0.2, 0.25) is 0 Å². The molecule has 1 saturated carbocycles. The van der Waals surface area contributed by atoms with Crippen molar-refractivity contribution in [3.8, 4) is 0 Å². The first-order valence-corrected chi connectivity index (χ1v) is 9.94. The van der Waals surface area contributed by atoms with Gasteiger partial charge in [-0.25, -0.2) is 4.21 Å². The van der Waals surface area contributed by atoms with Crippen LogP contribution in [0.3, 0.4) is 0 Å². The van der Waals surface area contributed by atoms with E-state index in [4.69, 9.17) is 0 Å². The molecule has 2 rings (SSSR count). The molecule has 1 aliphatic carbocycles. The minimum atomic E-state index is -1.02. The van der Waals surface area contributed by atoms with Crippen molar-refractivity contribution in [1.29, 1.82) is 0 Å². The van der Waals surface area contributed by atoms with E-state index in [1.807, 2.05) is 30.3 Å². The van der Waals surface area contributed by atoms with Gasteiger partial charge in [0.05, 0.1) is 10.8 Å². The average molecular weight is 369 g/mol. The molecule has 0 radical (unpaired) electrons. The maximum Gasteiger partial charge on any atom is 0.0816 e. The Bertz CT molecular complexity index is 518. The van der Waals surface area contributed by atoms with Crippen LogP contribution in [-0.2, 0) is 10.8 Å². The van der Waals surface area contributed by atoms with E-state index in [-0.39, 0.29) is 0 Å². The zero-order valence-corrected chi connectivity index (χ0v) is 15.6. The van der Waals surface area contributed by atoms with Gasteiger partial charge in [0.15, 0.2) is 0 Å². The molecule has 0 saturated heterocycles. The Labute approximate surface area is 139 Å². The SMILES string of the molecule is CC(C)(C)C1CCC(=C(CBr)S(=O)c2ccccc2)CC1. The van der Waals surface area contributed by atoms with E-state index in [2.05, 4.69) is 36.7 Å². The minimum Gasteiger partial charge on any atom is -0.249 e. The van der Waals surface area contributed by atoms with Gasteiger partial charge in [-0.3, -0.25) is 0 Å². The highest BCUT2D eigenvalue weighted by Crippen LogP contribution is 2.41. The summed E-state index contributed by atoms with van der Waals surface area (Å²) in [4.78, 5) is 2.01. The van der Waals surface area contributed by atoms with Gasteiger partial charge in [0.25, 0.3) is 0 Å². The van der Waals surface area contributed by atoms with Crippen molar-refractivity contribution in [3.63, 3.8) is 0 Å². The third kappa shape index (κ3) is 4.29. The van der Waals surface area contributed by atoms with E-state index in [0.29, 0.717) is 10.7 Å². The molecule has 116 valence electrons. The van der Waals surface area contributed by atoms with Crippen LogP contribution in [-0.4, -0.2) is 9.54 Å². The van der Waals surface area contributed by atoms with E-state index in [9.17, 15) is 4.21 Å². The molecule has 1 nitrogen and oxygen atoms in total. The molecular formula is C18H25BrOS. The summed E-state index contributed by atoms with van der Waals surface area (Å²) in [7, 11) is -1.02. The van der Waals surface area contributed by atoms with Crippen molar-refractivity contribution < 1.29 is 4.21 Å². The van der Waals surface area contributed by atoms with Gasteiger partial charge in [0.1, 0.15) is 0 Å². The molecule has 1 fully saturated rings. The highest BCUT2D eigenvalue weighted by molar-refractivity contribution is 9.09. The molecule has 0 aromatic heterocycles. The van der Waals surface area contributed by atoms with Gasteiger partial charge < -0.3 is 0 Å². The van der Waals surface area contributed by atoms with Crippen molar-refractivity contribution in [3.05, 3.63) is 40.8 Å². The van der Waals surface area contributed by atoms with Crippen LogP contribution in [0.5, 0.6) is 0 Å². The van der Waals surface area contributed by atoms with Crippen LogP contribution in [0.4, 0.5) is 0 Å². The van der Waals surface area contributed by atoms with E-state index in [1.165, 1.54) is 18.4 Å². The smallest absolute Gasteiger partial charge is 0.0816 e. The van der Waals surface area contributed by atoms with Gasteiger partial charge in [-0.15, -0.1) is 0 Å². The third-order valence-corrected chi connectivity index (χ3v) is 7.02. The van der Waals surface area contributed by atoms with Crippen molar-refractivity contribution in [2.75, 3.05) is 5.33 Å². The van der Waals surface area contributed by atoms with Crippen LogP contribution >= 0.6 is 15.9 Å². The molecule has 0 spiro atoms. The predicted octanol–water partition coefficient (Wildman–Crippen LogP) is 5.68. The number of hydrogen-bond acceptors (Lipinski definition) is 1. The molecule has 21 heavy (non-hydrogen) atoms. The van der Waals surface area contributed by atoms with E-state index >= 15 is 0 Å². The van der Waals surface area contributed by atoms with Crippen LogP contribution in [0.15, 0.2) is 45.7 Å². The summed E-state index contributed by atoms with van der Waals surface area (Å²) in [5, 5.41) is 0.712. The van der Waals surface area contributed by atoms with Gasteiger partial charge in [-0.2, -0.15) is 0 Å². The van der Waals surface area contributed by atoms with E-state index < -0.39 is 10.8 Å². The van der Waals surface area contributed by atoms with Gasteiger partial charge in [-0.05, 0) is 49.1 Å². The molecule has 1 aromatic rings. The molecule has 0 heterocycles. The molecule has 1 atom stereocenters. The molecule has 3 heteroatoms. The summed E-state index contributed by atoms with van der Waals surface area (Å²) in [6.07, 6.45) is 4.64. The number of alkyl halides is 1. The van der Waals surface area contributed by atoms with Crippen LogP contribution in [0, 0.1) is 11.3 Å². The first-order valence-electron chi connectivity index (χ1n) is 7.67. The zero-order valence-electron chi connectivity index (χ0n) is 13.2. The maximum atomic E-state index is 12.8. The van der Waals surface area contributed by atoms with Crippen molar-refractivity contribution >= 4 is 26.7 Å². The lowest BCUT2D eigenvalue weighted by atomic mass is 9.71. The van der Waals surface area contributed by atoms with Gasteiger partial charge in [-0.1, -0.05) is 60.5 Å². The fourth-order valence-electron chi connectivity index (χ4n) is 3.07. The Morgan fingerprint density at radius 2 is 1.76 bits per heavy atom. The standard InChI is InChI=1S/C18H25BrOS/c1-18(2,3)15-11-9-14(10-12-15)17(13-19)21(20)16-7-5-4-6-8-16/h4-8,15H,9-13H2,1-3H3. The Kier molecular flexibility index (Phi) is 5.84. The molecule has 1 unspecified atom stereocenters. The largest absolute Gasteiger partial charge is 0.249 e. The monoisotopic (exact) mass is 368 g/mol. The lowest BCUT2D eigenvalue weighted by Crippen LogP contribution is -2.24. The molecular weight excluding hydrogens is 344 g/mol. The second-order valence-corrected chi connectivity index (χ2v) is 8.94. The summed E-state index contributed by atoms with van der Waals surface area (Å²) in [6, 6.07) is 9.80. The van der Waals surface area contributed by atoms with Gasteiger partial charge in [0, 0.05) is 15.1 Å². The maximum absolute atomic E-state index is 12.8. The average Bonchev–Trinajstić information content (AvgIpc) is 2.48. The number of halogens is 1. The number of hydrogen-bond donors (Lipinski definition) is 0. The fourth-order valence-corrected chi connectivity index (χ4v) is 5.35. The second-order valence-electron chi connectivity index (χ2n) is 6.88. The normalized spacial score (nSPS) is 21.1. The summed E-state index contributed by atoms with van der Waals surface area (Å²) >= 11 is 3.55. The van der Waals surface area contributed by atoms with E-state index in [0.717, 1.165) is 28.6 Å². The molecule has 1 aliphatic rings. The molecule has 0 aliphatic heterocycles. The van der Waals surface area contributed by atoms with Gasteiger partial charge in [0.2, 0.25) is 0 Å². The highest BCUT2D eigenvalue weighted by Gasteiger charge is 2.29. The highest BCUT2D eigenvalue weighted by atomic mass is 79.9. The Balaban J connectivity index is 2.16. The predicted molar refractivity (Wildman–Crippen MR) is 95.1 cm³/mol. The summed E-state index contributed by atoms with van der Waals surface area (Å²) in [6.45, 7) is 7.00. The minimum absolute atomic E-state index is 0.388. The second kappa shape index (κ2) is 7.23. The molecule has 0 amide bonds. The number of rotatable bonds is 3. The van der Waals surface area contributed by atoms with Crippen LogP contribution < -0.4 is 0 Å². The molecule has 1 aromatic carbocycles. The van der Waals surface area contributed by atoms with E-state index in [1.54, 1.807) is 0 Å². The lowest BCUT2D eigenvalue weighted by molar-refractivity contribution is 0.197. The Morgan fingerprint density at radius 3 is 2.24 bits per heavy atom.